The van der Waals surface area contributed by atoms with Crippen LogP contribution in [0.3, 0.4) is 0 Å². The summed E-state index contributed by atoms with van der Waals surface area (Å²) >= 11 is 0. The Labute approximate surface area is 118 Å². The number of nitrogens with zero attached hydrogens (tertiary/aromatic N) is 4. The normalized spacial score (nSPS) is 20.2. The summed E-state index contributed by atoms with van der Waals surface area (Å²) in [5.41, 5.74) is 0.735. The number of nitrogens with one attached hydrogen (secondary N) is 1. The number of aryl methyl sites for hydroxylation is 1. The van der Waals surface area contributed by atoms with Gasteiger partial charge in [0.15, 0.2) is 0 Å². The molecule has 0 spiro atoms. The third kappa shape index (κ3) is 3.55. The Morgan fingerprint density at radius 1 is 1.45 bits per heavy atom. The fourth-order valence-corrected chi connectivity index (χ4v) is 2.35. The predicted octanol–water partition coefficient (Wildman–Crippen LogP) is 0.0783. The third-order valence-electron chi connectivity index (χ3n) is 3.26. The highest BCUT2D eigenvalue weighted by atomic mass is 16.2. The fourth-order valence-electron chi connectivity index (χ4n) is 2.35. The van der Waals surface area contributed by atoms with E-state index in [-0.39, 0.29) is 11.8 Å². The molecule has 1 atom stereocenters. The number of carbonyl (C=O) groups is 2. The van der Waals surface area contributed by atoms with Gasteiger partial charge in [0.1, 0.15) is 11.7 Å². The van der Waals surface area contributed by atoms with Crippen LogP contribution in [0.5, 0.6) is 0 Å². The summed E-state index contributed by atoms with van der Waals surface area (Å²) in [5, 5.41) is 10.7. The average molecular weight is 279 g/mol. The van der Waals surface area contributed by atoms with Gasteiger partial charge in [-0.15, -0.1) is 5.10 Å². The summed E-state index contributed by atoms with van der Waals surface area (Å²) in [7, 11) is 1.79. The molecule has 7 nitrogen and oxygen atoms in total. The van der Waals surface area contributed by atoms with E-state index >= 15 is 0 Å². The van der Waals surface area contributed by atoms with Crippen LogP contribution in [0.2, 0.25) is 0 Å². The van der Waals surface area contributed by atoms with Gasteiger partial charge in [0.2, 0.25) is 11.8 Å². The second kappa shape index (κ2) is 6.02. The van der Waals surface area contributed by atoms with Crippen molar-refractivity contribution < 1.29 is 9.59 Å². The highest BCUT2D eigenvalue weighted by molar-refractivity contribution is 5.89. The zero-order chi connectivity index (χ0) is 14.7. The van der Waals surface area contributed by atoms with Crippen LogP contribution in [-0.4, -0.2) is 44.3 Å². The van der Waals surface area contributed by atoms with Gasteiger partial charge >= 0.3 is 0 Å². The summed E-state index contributed by atoms with van der Waals surface area (Å²) in [6.45, 7) is 4.90. The van der Waals surface area contributed by atoms with E-state index in [0.717, 1.165) is 5.69 Å². The van der Waals surface area contributed by atoms with Gasteiger partial charge in [-0.1, -0.05) is 19.1 Å². The smallest absolute Gasteiger partial charge is 0.245 e. The van der Waals surface area contributed by atoms with E-state index in [9.17, 15) is 9.59 Å². The van der Waals surface area contributed by atoms with E-state index in [2.05, 4.69) is 15.6 Å². The number of carbonyl (C=O) groups excluding carboxylic acids is 2. The summed E-state index contributed by atoms with van der Waals surface area (Å²) in [6, 6.07) is -0.429. The molecule has 1 saturated heterocycles. The van der Waals surface area contributed by atoms with Gasteiger partial charge in [-0.25, -0.2) is 0 Å². The van der Waals surface area contributed by atoms with Crippen LogP contribution < -0.4 is 5.32 Å². The summed E-state index contributed by atoms with van der Waals surface area (Å²) in [6.07, 6.45) is 2.77. The Bertz CT molecular complexity index is 497. The largest absolute Gasteiger partial charge is 0.344 e. The van der Waals surface area contributed by atoms with Crippen molar-refractivity contribution >= 4 is 11.8 Å². The molecule has 110 valence electrons. The third-order valence-corrected chi connectivity index (χ3v) is 3.26. The lowest BCUT2D eigenvalue weighted by Crippen LogP contribution is -2.45. The molecule has 0 aliphatic carbocycles. The molecule has 0 bridgehead atoms. The van der Waals surface area contributed by atoms with Crippen molar-refractivity contribution in [3.63, 3.8) is 0 Å². The van der Waals surface area contributed by atoms with Crippen molar-refractivity contribution in [2.45, 2.75) is 39.3 Å². The van der Waals surface area contributed by atoms with Gasteiger partial charge in [0.05, 0.1) is 6.54 Å². The molecule has 0 radical (unpaired) electrons. The molecule has 1 aromatic rings. The van der Waals surface area contributed by atoms with E-state index < -0.39 is 6.04 Å². The first-order chi connectivity index (χ1) is 9.45. The molecule has 2 heterocycles. The predicted molar refractivity (Wildman–Crippen MR) is 72.4 cm³/mol. The molecule has 1 aliphatic rings. The molecule has 1 aromatic heterocycles. The first kappa shape index (κ1) is 14.5. The lowest BCUT2D eigenvalue weighted by molar-refractivity contribution is -0.134. The summed E-state index contributed by atoms with van der Waals surface area (Å²) in [4.78, 5) is 25.9. The minimum Gasteiger partial charge on any atom is -0.344 e. The Balaban J connectivity index is 2.10. The minimum absolute atomic E-state index is 0.0322. The second-order valence-electron chi connectivity index (χ2n) is 5.64. The molecule has 1 N–H and O–H groups in total. The van der Waals surface area contributed by atoms with Gasteiger partial charge in [0, 0.05) is 26.2 Å². The zero-order valence-electron chi connectivity index (χ0n) is 12.2. The van der Waals surface area contributed by atoms with Crippen molar-refractivity contribution in [1.82, 2.24) is 25.2 Å². The molecule has 2 amide bonds. The number of aromatic nitrogens is 3. The maximum Gasteiger partial charge on any atom is 0.245 e. The van der Waals surface area contributed by atoms with Crippen molar-refractivity contribution in [2.75, 3.05) is 6.54 Å². The van der Waals surface area contributed by atoms with E-state index in [1.54, 1.807) is 22.8 Å². The zero-order valence-corrected chi connectivity index (χ0v) is 12.2. The number of hydrogen-bond donors (Lipinski definition) is 1. The molecule has 1 unspecified atom stereocenters. The van der Waals surface area contributed by atoms with Crippen LogP contribution in [-0.2, 0) is 23.2 Å². The summed E-state index contributed by atoms with van der Waals surface area (Å²) < 4.78 is 1.60. The van der Waals surface area contributed by atoms with Crippen LogP contribution in [0.1, 0.15) is 32.4 Å². The molecule has 1 fully saturated rings. The number of hydrogen-bond acceptors (Lipinski definition) is 4. The molecule has 0 saturated carbocycles. The summed E-state index contributed by atoms with van der Waals surface area (Å²) in [5.74, 6) is 0.251. The first-order valence-corrected chi connectivity index (χ1v) is 6.89. The van der Waals surface area contributed by atoms with Crippen LogP contribution in [0.15, 0.2) is 6.20 Å². The van der Waals surface area contributed by atoms with Gasteiger partial charge in [-0.2, -0.15) is 0 Å². The maximum absolute atomic E-state index is 12.5. The van der Waals surface area contributed by atoms with E-state index in [1.807, 2.05) is 13.8 Å². The Morgan fingerprint density at radius 3 is 2.80 bits per heavy atom. The number of rotatable bonds is 4. The van der Waals surface area contributed by atoms with Crippen LogP contribution >= 0.6 is 0 Å². The Morgan fingerprint density at radius 2 is 2.20 bits per heavy atom. The van der Waals surface area contributed by atoms with E-state index in [1.165, 1.54) is 0 Å². The van der Waals surface area contributed by atoms with Crippen molar-refractivity contribution in [2.24, 2.45) is 13.0 Å². The Kier molecular flexibility index (Phi) is 4.36. The fraction of sp³-hybridized carbons (Fsp3) is 0.692. The van der Waals surface area contributed by atoms with Gasteiger partial charge in [-0.3, -0.25) is 14.3 Å². The monoisotopic (exact) mass is 279 g/mol. The molecule has 0 aromatic carbocycles. The molecule has 7 heteroatoms. The maximum atomic E-state index is 12.5. The standard InChI is InChI=1S/C13H21N5O2/c1-9(2)6-11-13(20)18(5-4-12(19)14-11)8-10-7-17(3)16-15-10/h7,9,11H,4-6,8H2,1-3H3,(H,14,19). The lowest BCUT2D eigenvalue weighted by Gasteiger charge is -2.24. The molecular weight excluding hydrogens is 258 g/mol. The molecular formula is C13H21N5O2. The quantitative estimate of drug-likeness (QED) is 0.846. The van der Waals surface area contributed by atoms with Crippen LogP contribution in [0, 0.1) is 5.92 Å². The molecule has 20 heavy (non-hydrogen) atoms. The highest BCUT2D eigenvalue weighted by Crippen LogP contribution is 2.13. The van der Waals surface area contributed by atoms with E-state index in [0.29, 0.717) is 31.8 Å². The van der Waals surface area contributed by atoms with Gasteiger partial charge in [-0.05, 0) is 12.3 Å². The van der Waals surface area contributed by atoms with Crippen LogP contribution in [0.4, 0.5) is 0 Å². The number of amides is 2. The molecule has 1 aliphatic heterocycles. The van der Waals surface area contributed by atoms with E-state index in [4.69, 9.17) is 0 Å². The van der Waals surface area contributed by atoms with Crippen LogP contribution in [0.25, 0.3) is 0 Å². The average Bonchev–Trinajstić information content (AvgIpc) is 2.72. The van der Waals surface area contributed by atoms with Crippen molar-refractivity contribution in [3.8, 4) is 0 Å². The van der Waals surface area contributed by atoms with Gasteiger partial charge in [0.25, 0.3) is 0 Å². The minimum atomic E-state index is -0.429. The SMILES string of the molecule is CC(C)CC1NC(=O)CCN(Cc2cn(C)nn2)C1=O. The highest BCUT2D eigenvalue weighted by Gasteiger charge is 2.30. The van der Waals surface area contributed by atoms with Gasteiger partial charge < -0.3 is 10.2 Å². The second-order valence-corrected chi connectivity index (χ2v) is 5.64. The molecule has 2 rings (SSSR count). The van der Waals surface area contributed by atoms with Crippen molar-refractivity contribution in [1.29, 1.82) is 0 Å². The first-order valence-electron chi connectivity index (χ1n) is 6.89. The Hall–Kier alpha value is -1.92. The lowest BCUT2D eigenvalue weighted by atomic mass is 10.0. The van der Waals surface area contributed by atoms with Crippen molar-refractivity contribution in [3.05, 3.63) is 11.9 Å². The topological polar surface area (TPSA) is 80.1 Å².